The van der Waals surface area contributed by atoms with E-state index in [9.17, 15) is 9.59 Å². The number of carbonyl (C=O) groups is 2. The highest BCUT2D eigenvalue weighted by atomic mass is 35.5. The molecule has 0 saturated heterocycles. The molecule has 1 atom stereocenters. The van der Waals surface area contributed by atoms with E-state index in [-0.39, 0.29) is 24.4 Å². The lowest BCUT2D eigenvalue weighted by Gasteiger charge is -2.28. The van der Waals surface area contributed by atoms with Gasteiger partial charge in [-0.1, -0.05) is 78.6 Å². The second kappa shape index (κ2) is 17.2. The fourth-order valence-corrected chi connectivity index (χ4v) is 3.14. The van der Waals surface area contributed by atoms with Gasteiger partial charge in [-0.15, -0.1) is 11.6 Å². The maximum atomic E-state index is 12.4. The maximum absolute atomic E-state index is 12.4. The molecule has 0 saturated carbocycles. The van der Waals surface area contributed by atoms with Gasteiger partial charge in [-0.3, -0.25) is 4.90 Å². The second-order valence-corrected chi connectivity index (χ2v) is 7.83. The van der Waals surface area contributed by atoms with Crippen molar-refractivity contribution in [2.75, 3.05) is 26.1 Å². The quantitative estimate of drug-likeness (QED) is 0.185. The number of halogens is 1. The third-order valence-corrected chi connectivity index (χ3v) is 4.78. The van der Waals surface area contributed by atoms with Crippen LogP contribution in [0.25, 0.3) is 0 Å². The molecule has 160 valence electrons. The minimum absolute atomic E-state index is 0.0567. The highest BCUT2D eigenvalue weighted by molar-refractivity contribution is 6.18. The Labute approximate surface area is 171 Å². The number of unbranched alkanes of at least 4 members (excludes halogenated alkanes) is 9. The van der Waals surface area contributed by atoms with Crippen LogP contribution in [0.5, 0.6) is 0 Å². The zero-order valence-corrected chi connectivity index (χ0v) is 18.6. The molecular formula is C21H40ClNO4. The molecule has 1 unspecified atom stereocenters. The monoisotopic (exact) mass is 405 g/mol. The molecule has 0 fully saturated rings. The number of hydrogen-bond donors (Lipinski definition) is 0. The molecule has 0 heterocycles. The number of esters is 1. The van der Waals surface area contributed by atoms with Crippen molar-refractivity contribution in [1.29, 1.82) is 0 Å². The second-order valence-electron chi connectivity index (χ2n) is 7.45. The van der Waals surface area contributed by atoms with Crippen molar-refractivity contribution in [3.05, 3.63) is 0 Å². The van der Waals surface area contributed by atoms with E-state index in [2.05, 4.69) is 6.92 Å². The summed E-state index contributed by atoms with van der Waals surface area (Å²) in [6.07, 6.45) is 11.8. The van der Waals surface area contributed by atoms with Crippen LogP contribution in [0.15, 0.2) is 0 Å². The lowest BCUT2D eigenvalue weighted by atomic mass is 10.0. The average molecular weight is 406 g/mol. The summed E-state index contributed by atoms with van der Waals surface area (Å²) in [5.74, 6) is -0.195. The number of alkyl halides is 1. The van der Waals surface area contributed by atoms with Gasteiger partial charge in [-0.05, 0) is 12.3 Å². The summed E-state index contributed by atoms with van der Waals surface area (Å²) in [4.78, 5) is 25.6. The molecule has 0 bridgehead atoms. The Morgan fingerprint density at radius 1 is 0.852 bits per heavy atom. The van der Waals surface area contributed by atoms with Gasteiger partial charge in [0.2, 0.25) is 0 Å². The molecule has 0 radical (unpaired) electrons. The molecular weight excluding hydrogens is 366 g/mol. The molecule has 0 aliphatic carbocycles. The van der Waals surface area contributed by atoms with Crippen LogP contribution in [-0.4, -0.2) is 49.1 Å². The fourth-order valence-electron chi connectivity index (χ4n) is 3.07. The van der Waals surface area contributed by atoms with Gasteiger partial charge in [-0.25, -0.2) is 9.59 Å². The number of amides is 1. The van der Waals surface area contributed by atoms with Crippen LogP contribution in [0.4, 0.5) is 4.79 Å². The number of nitrogens with zero attached hydrogens (tertiary/aromatic N) is 1. The van der Waals surface area contributed by atoms with E-state index < -0.39 is 12.1 Å². The standard InChI is InChI=1S/C21H40ClNO4/c1-5-6-7-8-9-10-11-12-13-14-16-26-20(24)19(18(2)3)23(4)21(25)27-17-15-22/h18-19H,5-17H2,1-4H3. The minimum atomic E-state index is -0.643. The molecule has 1 amide bonds. The van der Waals surface area contributed by atoms with Crippen LogP contribution < -0.4 is 0 Å². The summed E-state index contributed by atoms with van der Waals surface area (Å²) in [6.45, 7) is 6.54. The SMILES string of the molecule is CCCCCCCCCCCCOC(=O)C(C(C)C)N(C)C(=O)OCCCl. The number of carbonyl (C=O) groups excluding carboxylic acids is 2. The number of rotatable bonds is 16. The van der Waals surface area contributed by atoms with Crippen LogP contribution >= 0.6 is 11.6 Å². The molecule has 6 heteroatoms. The summed E-state index contributed by atoms with van der Waals surface area (Å²) in [7, 11) is 1.56. The van der Waals surface area contributed by atoms with Crippen LogP contribution in [0, 0.1) is 5.92 Å². The first-order valence-electron chi connectivity index (χ1n) is 10.6. The third kappa shape index (κ3) is 12.9. The summed E-state index contributed by atoms with van der Waals surface area (Å²) in [5, 5.41) is 0. The van der Waals surface area contributed by atoms with Crippen molar-refractivity contribution in [3.63, 3.8) is 0 Å². The zero-order valence-electron chi connectivity index (χ0n) is 17.8. The molecule has 27 heavy (non-hydrogen) atoms. The van der Waals surface area contributed by atoms with E-state index in [0.29, 0.717) is 6.61 Å². The normalized spacial score (nSPS) is 12.1. The molecule has 0 aliphatic rings. The molecule has 0 spiro atoms. The topological polar surface area (TPSA) is 55.8 Å². The predicted molar refractivity (Wildman–Crippen MR) is 111 cm³/mol. The Kier molecular flexibility index (Phi) is 16.5. The Morgan fingerprint density at radius 3 is 1.85 bits per heavy atom. The van der Waals surface area contributed by atoms with Gasteiger partial charge < -0.3 is 9.47 Å². The van der Waals surface area contributed by atoms with Gasteiger partial charge in [0.15, 0.2) is 0 Å². The summed E-state index contributed by atoms with van der Waals surface area (Å²) in [6, 6.07) is -0.643. The molecule has 0 aromatic carbocycles. The van der Waals surface area contributed by atoms with Gasteiger partial charge in [0, 0.05) is 7.05 Å². The van der Waals surface area contributed by atoms with E-state index in [1.165, 1.54) is 56.3 Å². The number of likely N-dealkylation sites (N-methyl/N-ethyl adjacent to an activating group) is 1. The van der Waals surface area contributed by atoms with Gasteiger partial charge >= 0.3 is 12.1 Å². The van der Waals surface area contributed by atoms with Gasteiger partial charge in [0.25, 0.3) is 0 Å². The maximum Gasteiger partial charge on any atom is 0.410 e. The summed E-state index contributed by atoms with van der Waals surface area (Å²) in [5.41, 5.74) is 0. The van der Waals surface area contributed by atoms with Crippen LogP contribution in [0.1, 0.15) is 85.0 Å². The molecule has 5 nitrogen and oxygen atoms in total. The first-order valence-corrected chi connectivity index (χ1v) is 11.1. The van der Waals surface area contributed by atoms with Gasteiger partial charge in [0.1, 0.15) is 12.6 Å². The number of ether oxygens (including phenoxy) is 2. The molecule has 0 N–H and O–H groups in total. The van der Waals surface area contributed by atoms with E-state index in [4.69, 9.17) is 21.1 Å². The highest BCUT2D eigenvalue weighted by Crippen LogP contribution is 2.14. The van der Waals surface area contributed by atoms with Crippen molar-refractivity contribution in [1.82, 2.24) is 4.90 Å². The average Bonchev–Trinajstić information content (AvgIpc) is 2.63. The molecule has 0 aromatic heterocycles. The van der Waals surface area contributed by atoms with Crippen molar-refractivity contribution in [2.24, 2.45) is 5.92 Å². The van der Waals surface area contributed by atoms with E-state index in [1.54, 1.807) is 7.05 Å². The predicted octanol–water partition coefficient (Wildman–Crippen LogP) is 5.78. The van der Waals surface area contributed by atoms with E-state index in [1.807, 2.05) is 13.8 Å². The summed E-state index contributed by atoms with van der Waals surface area (Å²) >= 11 is 5.53. The van der Waals surface area contributed by atoms with Crippen LogP contribution in [0.3, 0.4) is 0 Å². The largest absolute Gasteiger partial charge is 0.464 e. The zero-order chi connectivity index (χ0) is 20.5. The first-order chi connectivity index (χ1) is 13.0. The Bertz CT molecular complexity index is 390. The summed E-state index contributed by atoms with van der Waals surface area (Å²) < 4.78 is 10.4. The van der Waals surface area contributed by atoms with Crippen LogP contribution in [-0.2, 0) is 14.3 Å². The van der Waals surface area contributed by atoms with Crippen molar-refractivity contribution in [3.8, 4) is 0 Å². The van der Waals surface area contributed by atoms with E-state index >= 15 is 0 Å². The Balaban J connectivity index is 3.94. The smallest absolute Gasteiger partial charge is 0.410 e. The van der Waals surface area contributed by atoms with Gasteiger partial charge in [0.05, 0.1) is 12.5 Å². The molecule has 0 aromatic rings. The Hall–Kier alpha value is -0.970. The van der Waals surface area contributed by atoms with Crippen molar-refractivity contribution >= 4 is 23.7 Å². The third-order valence-electron chi connectivity index (χ3n) is 4.62. The Morgan fingerprint density at radius 2 is 1.37 bits per heavy atom. The van der Waals surface area contributed by atoms with E-state index in [0.717, 1.165) is 12.8 Å². The number of hydrogen-bond acceptors (Lipinski definition) is 4. The fraction of sp³-hybridized carbons (Fsp3) is 0.905. The van der Waals surface area contributed by atoms with Crippen molar-refractivity contribution in [2.45, 2.75) is 91.0 Å². The van der Waals surface area contributed by atoms with Gasteiger partial charge in [-0.2, -0.15) is 0 Å². The molecule has 0 rings (SSSR count). The first kappa shape index (κ1) is 26.0. The van der Waals surface area contributed by atoms with Crippen LogP contribution in [0.2, 0.25) is 0 Å². The van der Waals surface area contributed by atoms with Crippen molar-refractivity contribution < 1.29 is 19.1 Å². The highest BCUT2D eigenvalue weighted by Gasteiger charge is 2.31. The lowest BCUT2D eigenvalue weighted by Crippen LogP contribution is -2.47. The minimum Gasteiger partial charge on any atom is -0.464 e. The lowest BCUT2D eigenvalue weighted by molar-refractivity contribution is -0.150. The molecule has 0 aliphatic heterocycles.